The Hall–Kier alpha value is -2.47. The summed E-state index contributed by atoms with van der Waals surface area (Å²) in [7, 11) is 0. The van der Waals surface area contributed by atoms with Crippen LogP contribution in [0.2, 0.25) is 0 Å². The van der Waals surface area contributed by atoms with Crippen molar-refractivity contribution in [3.63, 3.8) is 0 Å². The number of thiophene rings is 1. The van der Waals surface area contributed by atoms with Gasteiger partial charge in [-0.1, -0.05) is 18.2 Å². The Morgan fingerprint density at radius 2 is 2.04 bits per heavy atom. The molecule has 2 heterocycles. The monoisotopic (exact) mass is 327 g/mol. The number of likely N-dealkylation sites (N-methyl/N-ethyl adjacent to an activating group) is 1. The highest BCUT2D eigenvalue weighted by Gasteiger charge is 2.16. The van der Waals surface area contributed by atoms with Gasteiger partial charge in [0.2, 0.25) is 5.91 Å². The first-order valence-electron chi connectivity index (χ1n) is 7.41. The fraction of sp³-hybridized carbons (Fsp3) is 0.235. The van der Waals surface area contributed by atoms with Crippen LogP contribution >= 0.6 is 11.3 Å². The van der Waals surface area contributed by atoms with Crippen molar-refractivity contribution >= 4 is 33.1 Å². The van der Waals surface area contributed by atoms with Crippen LogP contribution in [0, 0.1) is 6.92 Å². The van der Waals surface area contributed by atoms with E-state index in [1.54, 1.807) is 4.90 Å². The molecule has 1 amide bonds. The van der Waals surface area contributed by atoms with Gasteiger partial charge in [0.05, 0.1) is 11.7 Å². The van der Waals surface area contributed by atoms with Gasteiger partial charge in [0, 0.05) is 17.1 Å². The second-order valence-electron chi connectivity index (χ2n) is 5.23. The van der Waals surface area contributed by atoms with Crippen LogP contribution in [0.5, 0.6) is 0 Å². The van der Waals surface area contributed by atoms with Crippen molar-refractivity contribution in [2.45, 2.75) is 20.4 Å². The Kier molecular flexibility index (Phi) is 4.25. The van der Waals surface area contributed by atoms with Crippen molar-refractivity contribution in [3.05, 3.63) is 58.0 Å². The summed E-state index contributed by atoms with van der Waals surface area (Å²) in [6.07, 6.45) is 1.46. The number of hydrogen-bond donors (Lipinski definition) is 0. The summed E-state index contributed by atoms with van der Waals surface area (Å²) in [5.41, 5.74) is 0.658. The average molecular weight is 327 g/mol. The number of nitrogens with zero attached hydrogens (tertiary/aromatic N) is 3. The number of carbonyl (C=O) groups excluding carboxylic acids is 1. The molecule has 23 heavy (non-hydrogen) atoms. The lowest BCUT2D eigenvalue weighted by atomic mass is 10.3. The molecule has 0 fully saturated rings. The van der Waals surface area contributed by atoms with Crippen LogP contribution in [0.3, 0.4) is 0 Å². The van der Waals surface area contributed by atoms with Crippen LogP contribution in [0.25, 0.3) is 10.2 Å². The molecule has 0 atom stereocenters. The van der Waals surface area contributed by atoms with E-state index in [9.17, 15) is 9.59 Å². The molecular weight excluding hydrogens is 310 g/mol. The molecule has 0 bridgehead atoms. The zero-order valence-electron chi connectivity index (χ0n) is 13.0. The van der Waals surface area contributed by atoms with Crippen molar-refractivity contribution < 1.29 is 4.79 Å². The van der Waals surface area contributed by atoms with Gasteiger partial charge in [-0.15, -0.1) is 11.3 Å². The number of rotatable bonds is 4. The van der Waals surface area contributed by atoms with Crippen molar-refractivity contribution in [3.8, 4) is 0 Å². The summed E-state index contributed by atoms with van der Waals surface area (Å²) in [6.45, 7) is 4.39. The van der Waals surface area contributed by atoms with E-state index < -0.39 is 0 Å². The van der Waals surface area contributed by atoms with Gasteiger partial charge in [-0.3, -0.25) is 14.2 Å². The average Bonchev–Trinajstić information content (AvgIpc) is 2.93. The Bertz CT molecular complexity index is 899. The molecule has 0 aliphatic rings. The highest BCUT2D eigenvalue weighted by Crippen LogP contribution is 2.19. The van der Waals surface area contributed by atoms with Gasteiger partial charge in [0.15, 0.2) is 0 Å². The smallest absolute Gasteiger partial charge is 0.262 e. The zero-order valence-corrected chi connectivity index (χ0v) is 13.8. The number of amides is 1. The third kappa shape index (κ3) is 3.03. The van der Waals surface area contributed by atoms with E-state index >= 15 is 0 Å². The largest absolute Gasteiger partial charge is 0.311 e. The minimum absolute atomic E-state index is 0.0145. The van der Waals surface area contributed by atoms with Gasteiger partial charge >= 0.3 is 0 Å². The maximum atomic E-state index is 12.6. The lowest BCUT2D eigenvalue weighted by Gasteiger charge is -2.21. The molecule has 0 spiro atoms. The summed E-state index contributed by atoms with van der Waals surface area (Å²) in [6, 6.07) is 11.3. The molecule has 2 aromatic heterocycles. The summed E-state index contributed by atoms with van der Waals surface area (Å²) in [4.78, 5) is 32.8. The molecule has 0 saturated carbocycles. The maximum absolute atomic E-state index is 12.6. The van der Waals surface area contributed by atoms with Gasteiger partial charge in [-0.05, 0) is 32.0 Å². The maximum Gasteiger partial charge on any atom is 0.262 e. The van der Waals surface area contributed by atoms with E-state index in [0.29, 0.717) is 16.8 Å². The third-order valence-corrected chi connectivity index (χ3v) is 4.59. The Morgan fingerprint density at radius 1 is 1.30 bits per heavy atom. The van der Waals surface area contributed by atoms with Gasteiger partial charge in [0.1, 0.15) is 11.4 Å². The topological polar surface area (TPSA) is 55.2 Å². The molecule has 5 nitrogen and oxygen atoms in total. The lowest BCUT2D eigenvalue weighted by Crippen LogP contribution is -2.36. The van der Waals surface area contributed by atoms with Gasteiger partial charge in [-0.25, -0.2) is 4.98 Å². The van der Waals surface area contributed by atoms with Gasteiger partial charge in [-0.2, -0.15) is 0 Å². The van der Waals surface area contributed by atoms with E-state index in [1.807, 2.05) is 50.2 Å². The zero-order chi connectivity index (χ0) is 16.4. The molecule has 0 aliphatic carbocycles. The molecule has 0 radical (unpaired) electrons. The van der Waals surface area contributed by atoms with E-state index in [1.165, 1.54) is 22.2 Å². The minimum Gasteiger partial charge on any atom is -0.311 e. The first-order valence-corrected chi connectivity index (χ1v) is 8.22. The Balaban J connectivity index is 1.90. The Labute approximate surface area is 137 Å². The predicted octanol–water partition coefficient (Wildman–Crippen LogP) is 2.82. The molecular formula is C17H17N3O2S. The van der Waals surface area contributed by atoms with Crippen LogP contribution in [-0.4, -0.2) is 22.0 Å². The van der Waals surface area contributed by atoms with E-state index in [2.05, 4.69) is 4.98 Å². The predicted molar refractivity (Wildman–Crippen MR) is 93.1 cm³/mol. The molecule has 0 unspecified atom stereocenters. The summed E-state index contributed by atoms with van der Waals surface area (Å²) in [5.74, 6) is -0.131. The number of carbonyl (C=O) groups is 1. The second kappa shape index (κ2) is 6.34. The first-order chi connectivity index (χ1) is 11.1. The minimum atomic E-state index is -0.170. The quantitative estimate of drug-likeness (QED) is 0.740. The third-order valence-electron chi connectivity index (χ3n) is 3.63. The lowest BCUT2D eigenvalue weighted by molar-refractivity contribution is -0.119. The molecule has 3 aromatic rings. The van der Waals surface area contributed by atoms with Crippen LogP contribution in [0.4, 0.5) is 5.69 Å². The molecule has 6 heteroatoms. The molecule has 3 rings (SSSR count). The number of fused-ring (bicyclic) bond motifs is 1. The van der Waals surface area contributed by atoms with Crippen LogP contribution < -0.4 is 10.5 Å². The van der Waals surface area contributed by atoms with Crippen molar-refractivity contribution in [1.29, 1.82) is 0 Å². The number of hydrogen-bond acceptors (Lipinski definition) is 4. The SMILES string of the molecule is CCN(C(=O)Cn1cnc2sc(C)cc2c1=O)c1ccccc1. The van der Waals surface area contributed by atoms with Crippen molar-refractivity contribution in [1.82, 2.24) is 9.55 Å². The normalized spacial score (nSPS) is 10.9. The second-order valence-corrected chi connectivity index (χ2v) is 6.46. The number of anilines is 1. The van der Waals surface area contributed by atoms with E-state index in [4.69, 9.17) is 0 Å². The van der Waals surface area contributed by atoms with Crippen molar-refractivity contribution in [2.75, 3.05) is 11.4 Å². The standard InChI is InChI=1S/C17H17N3O2S/c1-3-20(13-7-5-4-6-8-13)15(21)10-19-11-18-16-14(17(19)22)9-12(2)23-16/h4-9,11H,3,10H2,1-2H3. The summed E-state index contributed by atoms with van der Waals surface area (Å²) >= 11 is 1.48. The van der Waals surface area contributed by atoms with Gasteiger partial charge < -0.3 is 4.90 Å². The highest BCUT2D eigenvalue weighted by molar-refractivity contribution is 7.18. The summed E-state index contributed by atoms with van der Waals surface area (Å²) in [5, 5.41) is 0.575. The highest BCUT2D eigenvalue weighted by atomic mass is 32.1. The van der Waals surface area contributed by atoms with Crippen LogP contribution in [-0.2, 0) is 11.3 Å². The molecule has 0 aliphatic heterocycles. The number of aryl methyl sites for hydroxylation is 1. The van der Waals surface area contributed by atoms with Crippen LogP contribution in [0.15, 0.2) is 47.5 Å². The fourth-order valence-electron chi connectivity index (χ4n) is 2.53. The number of aromatic nitrogens is 2. The fourth-order valence-corrected chi connectivity index (χ4v) is 3.37. The number of para-hydroxylation sites is 1. The number of benzene rings is 1. The van der Waals surface area contributed by atoms with Gasteiger partial charge in [0.25, 0.3) is 5.56 Å². The van der Waals surface area contributed by atoms with Crippen molar-refractivity contribution in [2.24, 2.45) is 0 Å². The molecule has 1 aromatic carbocycles. The van der Waals surface area contributed by atoms with E-state index in [0.717, 1.165) is 10.6 Å². The first kappa shape index (κ1) is 15.4. The molecule has 118 valence electrons. The van der Waals surface area contributed by atoms with Crippen LogP contribution in [0.1, 0.15) is 11.8 Å². The Morgan fingerprint density at radius 3 is 2.74 bits per heavy atom. The summed E-state index contributed by atoms with van der Waals surface area (Å²) < 4.78 is 1.38. The molecule has 0 saturated heterocycles. The van der Waals surface area contributed by atoms with E-state index in [-0.39, 0.29) is 18.0 Å². The molecule has 0 N–H and O–H groups in total.